The van der Waals surface area contributed by atoms with E-state index < -0.39 is 7.81 Å². The summed E-state index contributed by atoms with van der Waals surface area (Å²) >= 11 is 0. The summed E-state index contributed by atoms with van der Waals surface area (Å²) in [6, 6.07) is 0. The minimum atomic E-state index is -10.7. The molecule has 0 bridgehead atoms. The number of ether oxygens (including phenoxy) is 1. The van der Waals surface area contributed by atoms with Crippen molar-refractivity contribution in [2.75, 3.05) is 46.0 Å². The van der Waals surface area contributed by atoms with Gasteiger partial charge in [-0.15, -0.1) is 0 Å². The Kier molecular flexibility index (Phi) is 15.1. The van der Waals surface area contributed by atoms with Crippen molar-refractivity contribution in [3.8, 4) is 0 Å². The molecule has 0 aliphatic rings. The second-order valence-electron chi connectivity index (χ2n) is 7.65. The van der Waals surface area contributed by atoms with Crippen molar-refractivity contribution in [2.45, 2.75) is 78.6 Å². The Morgan fingerprint density at radius 2 is 1.03 bits per heavy atom. The molecule has 0 aliphatic carbocycles. The van der Waals surface area contributed by atoms with Gasteiger partial charge in [-0.1, -0.05) is 52.9 Å². The fraction of sp³-hybridized carbons (Fsp3) is 1.00. The van der Waals surface area contributed by atoms with Crippen LogP contribution in [-0.2, 0) is 4.74 Å². The predicted octanol–water partition coefficient (Wildman–Crippen LogP) is 7.77. The molecule has 0 fully saturated rings. The fourth-order valence-corrected chi connectivity index (χ4v) is 3.13. The number of rotatable bonds is 17. The van der Waals surface area contributed by atoms with Gasteiger partial charge in [0.1, 0.15) is 6.54 Å². The van der Waals surface area contributed by atoms with E-state index in [4.69, 9.17) is 9.84 Å². The minimum absolute atomic E-state index is 0.140. The molecule has 0 rings (SSSR count). The van der Waals surface area contributed by atoms with E-state index in [1.807, 2.05) is 0 Å². The Hall–Kier alpha value is -0.110. The molecule has 29 heavy (non-hydrogen) atoms. The summed E-state index contributed by atoms with van der Waals surface area (Å²) in [6.45, 7) is 13.3. The number of aliphatic hydroxyl groups excluding tert-OH is 1. The van der Waals surface area contributed by atoms with Crippen LogP contribution in [0.25, 0.3) is 0 Å². The third-order valence-electron chi connectivity index (χ3n) is 4.65. The second-order valence-corrected chi connectivity index (χ2v) is 9.57. The summed E-state index contributed by atoms with van der Waals surface area (Å²) in [4.78, 5) is 0. The SMILES string of the molecule is CCCCCCC[N+](CCCC)(CCCC)CCOCCO.F[P-](F)(F)(F)(F)F. The van der Waals surface area contributed by atoms with E-state index in [0.29, 0.717) is 6.61 Å². The van der Waals surface area contributed by atoms with Crippen LogP contribution >= 0.6 is 7.81 Å². The number of aliphatic hydroxyl groups is 1. The van der Waals surface area contributed by atoms with Gasteiger partial charge in [-0.05, 0) is 25.7 Å². The zero-order chi connectivity index (χ0) is 22.9. The van der Waals surface area contributed by atoms with E-state index in [2.05, 4.69) is 20.8 Å². The van der Waals surface area contributed by atoms with E-state index in [1.54, 1.807) is 0 Å². The van der Waals surface area contributed by atoms with Crippen molar-refractivity contribution in [1.82, 2.24) is 0 Å². The van der Waals surface area contributed by atoms with Crippen molar-refractivity contribution < 1.29 is 39.5 Å². The van der Waals surface area contributed by atoms with Gasteiger partial charge in [0.15, 0.2) is 0 Å². The first kappa shape index (κ1) is 31.1. The zero-order valence-corrected chi connectivity index (χ0v) is 19.2. The first-order chi connectivity index (χ1) is 13.2. The molecule has 0 aromatic carbocycles. The first-order valence-electron chi connectivity index (χ1n) is 10.8. The standard InChI is InChI=1S/C19H42NO2.F6P/c1-4-7-10-11-12-15-20(13-8-5-2,14-9-6-3)16-18-22-19-17-21;1-7(2,3,4,5)6/h21H,4-19H2,1-3H3;/q+1;-1. The molecule has 0 unspecified atom stereocenters. The van der Waals surface area contributed by atoms with Crippen LogP contribution in [0.2, 0.25) is 0 Å². The Morgan fingerprint density at radius 3 is 1.45 bits per heavy atom. The van der Waals surface area contributed by atoms with Gasteiger partial charge in [-0.2, -0.15) is 0 Å². The van der Waals surface area contributed by atoms with E-state index in [1.165, 1.54) is 81.9 Å². The van der Waals surface area contributed by atoms with E-state index >= 15 is 0 Å². The van der Waals surface area contributed by atoms with E-state index in [-0.39, 0.29) is 6.61 Å². The molecular formula is C19H42F6NO2P. The topological polar surface area (TPSA) is 29.5 Å². The van der Waals surface area contributed by atoms with Crippen molar-refractivity contribution in [1.29, 1.82) is 0 Å². The summed E-state index contributed by atoms with van der Waals surface area (Å²) < 4.78 is 66.0. The van der Waals surface area contributed by atoms with E-state index in [0.717, 1.165) is 13.2 Å². The molecule has 0 atom stereocenters. The maximum absolute atomic E-state index is 10.7. The molecule has 0 aliphatic heterocycles. The monoisotopic (exact) mass is 461 g/mol. The number of halogens is 6. The molecule has 0 spiro atoms. The summed E-state index contributed by atoms with van der Waals surface area (Å²) in [6.07, 6.45) is 12.0. The average molecular weight is 462 g/mol. The summed E-state index contributed by atoms with van der Waals surface area (Å²) in [5.41, 5.74) is 0. The van der Waals surface area contributed by atoms with Gasteiger partial charge in [0.2, 0.25) is 0 Å². The molecule has 0 amide bonds. The predicted molar refractivity (Wildman–Crippen MR) is 110 cm³/mol. The second kappa shape index (κ2) is 14.0. The molecule has 0 radical (unpaired) electrons. The van der Waals surface area contributed by atoms with E-state index in [9.17, 15) is 25.2 Å². The van der Waals surface area contributed by atoms with Crippen LogP contribution < -0.4 is 0 Å². The Labute approximate surface area is 172 Å². The fourth-order valence-electron chi connectivity index (χ4n) is 3.13. The van der Waals surface area contributed by atoms with Crippen LogP contribution in [0.3, 0.4) is 0 Å². The quantitative estimate of drug-likeness (QED) is 0.104. The number of quaternary nitrogens is 1. The Morgan fingerprint density at radius 1 is 0.621 bits per heavy atom. The molecule has 182 valence electrons. The normalized spacial score (nSPS) is 14.7. The number of unbranched alkanes of at least 4 members (excludes halogenated alkanes) is 6. The molecular weight excluding hydrogens is 419 g/mol. The van der Waals surface area contributed by atoms with Gasteiger partial charge in [-0.3, -0.25) is 0 Å². The molecule has 1 N–H and O–H groups in total. The van der Waals surface area contributed by atoms with Crippen molar-refractivity contribution >= 4 is 7.81 Å². The van der Waals surface area contributed by atoms with Gasteiger partial charge >= 0.3 is 33.0 Å². The third-order valence-corrected chi connectivity index (χ3v) is 4.65. The van der Waals surface area contributed by atoms with Gasteiger partial charge in [0.05, 0.1) is 39.5 Å². The maximum atomic E-state index is 9.87. The first-order valence-corrected chi connectivity index (χ1v) is 12.8. The van der Waals surface area contributed by atoms with Crippen LogP contribution in [0.5, 0.6) is 0 Å². The number of hydrogen-bond acceptors (Lipinski definition) is 2. The number of nitrogens with zero attached hydrogens (tertiary/aromatic N) is 1. The van der Waals surface area contributed by atoms with Gasteiger partial charge < -0.3 is 14.3 Å². The molecule has 10 heteroatoms. The number of hydrogen-bond donors (Lipinski definition) is 1. The average Bonchev–Trinajstić information content (AvgIpc) is 2.58. The van der Waals surface area contributed by atoms with Crippen LogP contribution in [0.15, 0.2) is 0 Å². The Balaban J connectivity index is 0. The zero-order valence-electron chi connectivity index (χ0n) is 18.3. The van der Waals surface area contributed by atoms with Crippen LogP contribution in [0.1, 0.15) is 78.6 Å². The van der Waals surface area contributed by atoms with Crippen LogP contribution in [0, 0.1) is 0 Å². The molecule has 0 aromatic heterocycles. The van der Waals surface area contributed by atoms with Gasteiger partial charge in [-0.25, -0.2) is 0 Å². The molecule has 0 saturated carbocycles. The summed E-state index contributed by atoms with van der Waals surface area (Å²) in [5.74, 6) is 0. The van der Waals surface area contributed by atoms with Crippen molar-refractivity contribution in [3.63, 3.8) is 0 Å². The molecule has 0 heterocycles. The van der Waals surface area contributed by atoms with Gasteiger partial charge in [0, 0.05) is 0 Å². The summed E-state index contributed by atoms with van der Waals surface area (Å²) in [7, 11) is -10.7. The molecule has 0 aromatic rings. The summed E-state index contributed by atoms with van der Waals surface area (Å²) in [5, 5.41) is 8.87. The van der Waals surface area contributed by atoms with Crippen molar-refractivity contribution in [2.24, 2.45) is 0 Å². The van der Waals surface area contributed by atoms with Gasteiger partial charge in [0.25, 0.3) is 0 Å². The van der Waals surface area contributed by atoms with Crippen LogP contribution in [0.4, 0.5) is 25.2 Å². The molecule has 3 nitrogen and oxygen atoms in total. The Bertz CT molecular complexity index is 373. The van der Waals surface area contributed by atoms with Crippen molar-refractivity contribution in [3.05, 3.63) is 0 Å². The molecule has 0 saturated heterocycles. The van der Waals surface area contributed by atoms with Crippen LogP contribution in [-0.4, -0.2) is 55.6 Å². The third kappa shape index (κ3) is 30.2.